The Bertz CT molecular complexity index is 320. The Kier molecular flexibility index (Phi) is 25.8. The van der Waals surface area contributed by atoms with Crippen molar-refractivity contribution in [3.63, 3.8) is 0 Å². The normalized spacial score (nSPS) is 12.2. The van der Waals surface area contributed by atoms with Gasteiger partial charge in [0.25, 0.3) is 0 Å². The highest BCUT2D eigenvalue weighted by atomic mass is 14.0. The third-order valence-electron chi connectivity index (χ3n) is 1.91. The van der Waals surface area contributed by atoms with E-state index in [4.69, 9.17) is 0 Å². The van der Waals surface area contributed by atoms with Crippen molar-refractivity contribution in [3.8, 4) is 0 Å². The number of allylic oxidation sites excluding steroid dienone is 11. The van der Waals surface area contributed by atoms with Crippen LogP contribution in [0.5, 0.6) is 0 Å². The average molecular weight is 260 g/mol. The van der Waals surface area contributed by atoms with E-state index in [1.165, 1.54) is 5.57 Å². The fourth-order valence-electron chi connectivity index (χ4n) is 1.11. The monoisotopic (exact) mass is 260 g/mol. The summed E-state index contributed by atoms with van der Waals surface area (Å²) < 4.78 is 0. The largest absolute Gasteiger partial charge is 0.0984 e. The number of hydrogen-bond acceptors (Lipinski definition) is 0. The summed E-state index contributed by atoms with van der Waals surface area (Å²) in [6, 6.07) is 0. The molecule has 0 radical (unpaired) electrons. The average Bonchev–Trinajstić information content (AvgIpc) is 2.50. The predicted octanol–water partition coefficient (Wildman–Crippen LogP) is 6.81. The number of hydrogen-bond donors (Lipinski definition) is 0. The van der Waals surface area contributed by atoms with Gasteiger partial charge in [-0.2, -0.15) is 0 Å². The smallest absolute Gasteiger partial charge is 0.0193 e. The molecule has 0 nitrogen and oxygen atoms in total. The Morgan fingerprint density at radius 1 is 0.737 bits per heavy atom. The van der Waals surface area contributed by atoms with Gasteiger partial charge >= 0.3 is 0 Å². The summed E-state index contributed by atoms with van der Waals surface area (Å²) in [5.74, 6) is 0. The van der Waals surface area contributed by atoms with Crippen molar-refractivity contribution in [2.24, 2.45) is 0 Å². The predicted molar refractivity (Wildman–Crippen MR) is 93.5 cm³/mol. The van der Waals surface area contributed by atoms with E-state index >= 15 is 0 Å². The minimum Gasteiger partial charge on any atom is -0.0984 e. The van der Waals surface area contributed by atoms with Crippen LogP contribution in [-0.4, -0.2) is 0 Å². The molecule has 0 saturated carbocycles. The molecule has 0 bridgehead atoms. The molecule has 0 unspecified atom stereocenters. The van der Waals surface area contributed by atoms with Crippen molar-refractivity contribution in [2.75, 3.05) is 0 Å². The van der Waals surface area contributed by atoms with Crippen molar-refractivity contribution in [2.45, 2.75) is 48.5 Å². The van der Waals surface area contributed by atoms with E-state index in [1.807, 2.05) is 84.9 Å². The van der Waals surface area contributed by atoms with Gasteiger partial charge in [0.05, 0.1) is 0 Å². The zero-order valence-electron chi connectivity index (χ0n) is 13.9. The van der Waals surface area contributed by atoms with Crippen LogP contribution in [0.2, 0.25) is 0 Å². The maximum Gasteiger partial charge on any atom is -0.0193 e. The molecule has 0 atom stereocenters. The third kappa shape index (κ3) is 14.4. The molecule has 0 fully saturated rings. The van der Waals surface area contributed by atoms with Gasteiger partial charge in [0.1, 0.15) is 0 Å². The van der Waals surface area contributed by atoms with Crippen molar-refractivity contribution in [3.05, 3.63) is 72.4 Å². The van der Waals surface area contributed by atoms with E-state index in [0.29, 0.717) is 0 Å². The lowest BCUT2D eigenvalue weighted by Crippen LogP contribution is -1.81. The van der Waals surface area contributed by atoms with Crippen LogP contribution in [-0.2, 0) is 0 Å². The molecule has 0 N–H and O–H groups in total. The molecule has 0 saturated heterocycles. The van der Waals surface area contributed by atoms with E-state index in [-0.39, 0.29) is 0 Å². The first-order chi connectivity index (χ1) is 9.29. The second-order valence-electron chi connectivity index (χ2n) is 2.98. The molecule has 0 spiro atoms. The molecule has 0 rings (SSSR count). The van der Waals surface area contributed by atoms with Crippen LogP contribution in [0, 0.1) is 0 Å². The van der Waals surface area contributed by atoms with Gasteiger partial charge in [-0.25, -0.2) is 0 Å². The zero-order valence-corrected chi connectivity index (χ0v) is 13.9. The van der Waals surface area contributed by atoms with Gasteiger partial charge in [-0.1, -0.05) is 89.0 Å². The van der Waals surface area contributed by atoms with Gasteiger partial charge in [0, 0.05) is 0 Å². The second-order valence-corrected chi connectivity index (χ2v) is 2.98. The van der Waals surface area contributed by atoms with Crippen LogP contribution in [0.1, 0.15) is 48.5 Å². The molecule has 19 heavy (non-hydrogen) atoms. The Balaban J connectivity index is -0.000000579. The van der Waals surface area contributed by atoms with Crippen LogP contribution >= 0.6 is 0 Å². The molecule has 0 aromatic carbocycles. The van der Waals surface area contributed by atoms with Crippen LogP contribution in [0.15, 0.2) is 72.4 Å². The maximum absolute atomic E-state index is 3.82. The summed E-state index contributed by atoms with van der Waals surface area (Å²) in [7, 11) is 0. The summed E-state index contributed by atoms with van der Waals surface area (Å²) in [4.78, 5) is 0. The summed E-state index contributed by atoms with van der Waals surface area (Å²) >= 11 is 0. The SMILES string of the molecule is C=CC(=C\C=C/C)/C(/C=C\C=C/C)=C/C.CC.CC. The van der Waals surface area contributed by atoms with E-state index in [0.717, 1.165) is 5.57 Å². The Morgan fingerprint density at radius 3 is 1.63 bits per heavy atom. The van der Waals surface area contributed by atoms with E-state index < -0.39 is 0 Å². The highest BCUT2D eigenvalue weighted by molar-refractivity contribution is 5.47. The van der Waals surface area contributed by atoms with Crippen LogP contribution < -0.4 is 0 Å². The van der Waals surface area contributed by atoms with Crippen LogP contribution in [0.3, 0.4) is 0 Å². The fourth-order valence-corrected chi connectivity index (χ4v) is 1.11. The maximum atomic E-state index is 3.82. The van der Waals surface area contributed by atoms with Gasteiger partial charge in [0.15, 0.2) is 0 Å². The van der Waals surface area contributed by atoms with Gasteiger partial charge in [-0.3, -0.25) is 0 Å². The summed E-state index contributed by atoms with van der Waals surface area (Å²) in [6.07, 6.45) is 18.2. The highest BCUT2D eigenvalue weighted by Crippen LogP contribution is 2.13. The Labute approximate surface area is 121 Å². The van der Waals surface area contributed by atoms with Gasteiger partial charge < -0.3 is 0 Å². The van der Waals surface area contributed by atoms with E-state index in [9.17, 15) is 0 Å². The molecular weight excluding hydrogens is 228 g/mol. The lowest BCUT2D eigenvalue weighted by atomic mass is 10.0. The molecule has 0 amide bonds. The second kappa shape index (κ2) is 21.7. The minimum atomic E-state index is 1.14. The molecule has 0 aliphatic rings. The van der Waals surface area contributed by atoms with Crippen molar-refractivity contribution >= 4 is 0 Å². The zero-order chi connectivity index (χ0) is 15.5. The quantitative estimate of drug-likeness (QED) is 0.476. The molecule has 0 aliphatic heterocycles. The van der Waals surface area contributed by atoms with Gasteiger partial charge in [0.2, 0.25) is 0 Å². The van der Waals surface area contributed by atoms with Crippen molar-refractivity contribution in [1.82, 2.24) is 0 Å². The van der Waals surface area contributed by atoms with E-state index in [2.05, 4.69) is 24.8 Å². The summed E-state index contributed by atoms with van der Waals surface area (Å²) in [5, 5.41) is 0. The molecule has 0 heterocycles. The van der Waals surface area contributed by atoms with Crippen LogP contribution in [0.25, 0.3) is 0 Å². The molecule has 108 valence electrons. The minimum absolute atomic E-state index is 1.14. The van der Waals surface area contributed by atoms with Crippen molar-refractivity contribution < 1.29 is 0 Å². The van der Waals surface area contributed by atoms with Gasteiger partial charge in [-0.05, 0) is 31.9 Å². The van der Waals surface area contributed by atoms with Crippen LogP contribution in [0.4, 0.5) is 0 Å². The standard InChI is InChI=1S/C15H20.2C2H6/c1-5-9-11-13-15(8-4)14(7-3)12-10-6-2;2*1-2/h5-13H,3H2,1-2,4H3;2*1-2H3/b9-5-,10-6-,13-11-,14-12+,15-8+;;. The molecule has 0 aromatic rings. The molecular formula is C19H32. The summed E-state index contributed by atoms with van der Waals surface area (Å²) in [5.41, 5.74) is 2.32. The van der Waals surface area contributed by atoms with Gasteiger partial charge in [-0.15, -0.1) is 0 Å². The molecule has 0 aliphatic carbocycles. The molecule has 0 heteroatoms. The first-order valence-corrected chi connectivity index (χ1v) is 7.21. The Morgan fingerprint density at radius 2 is 1.26 bits per heavy atom. The van der Waals surface area contributed by atoms with E-state index in [1.54, 1.807) is 0 Å². The highest BCUT2D eigenvalue weighted by Gasteiger charge is 1.93. The first-order valence-electron chi connectivity index (χ1n) is 7.21. The first kappa shape index (κ1) is 22.6. The lowest BCUT2D eigenvalue weighted by Gasteiger charge is -2.00. The topological polar surface area (TPSA) is 0 Å². The summed E-state index contributed by atoms with van der Waals surface area (Å²) in [6.45, 7) is 17.9. The molecule has 0 aromatic heterocycles. The third-order valence-corrected chi connectivity index (χ3v) is 1.91. The number of rotatable bonds is 5. The lowest BCUT2D eigenvalue weighted by molar-refractivity contribution is 1.50. The van der Waals surface area contributed by atoms with Crippen molar-refractivity contribution in [1.29, 1.82) is 0 Å². The Hall–Kier alpha value is -1.56. The fraction of sp³-hybridized carbons (Fsp3) is 0.368.